The van der Waals surface area contributed by atoms with Crippen molar-refractivity contribution in [1.82, 2.24) is 14.8 Å². The van der Waals surface area contributed by atoms with Crippen LogP contribution in [0.25, 0.3) is 0 Å². The van der Waals surface area contributed by atoms with E-state index in [1.165, 1.54) is 16.2 Å². The maximum absolute atomic E-state index is 13.0. The van der Waals surface area contributed by atoms with E-state index in [1.54, 1.807) is 29.6 Å². The molecule has 0 saturated carbocycles. The summed E-state index contributed by atoms with van der Waals surface area (Å²) < 4.78 is 0. The SMILES string of the molecule is CC(C)CN(CC(=O)Nc1nc(CC(=O)N2CCC(C)CC2)cs1)C(=O)c1ccccc1Cl. The number of benzene rings is 1. The van der Waals surface area contributed by atoms with E-state index in [2.05, 4.69) is 17.2 Å². The molecular formula is C24H31ClN4O3S. The number of aromatic nitrogens is 1. The summed E-state index contributed by atoms with van der Waals surface area (Å²) in [5.41, 5.74) is 1.01. The third kappa shape index (κ3) is 7.27. The molecular weight excluding hydrogens is 460 g/mol. The normalized spacial score (nSPS) is 14.4. The first-order valence-corrected chi connectivity index (χ1v) is 12.5. The highest BCUT2D eigenvalue weighted by Crippen LogP contribution is 2.21. The molecule has 1 aliphatic heterocycles. The molecule has 0 spiro atoms. The van der Waals surface area contributed by atoms with E-state index < -0.39 is 0 Å². The number of rotatable bonds is 8. The maximum Gasteiger partial charge on any atom is 0.255 e. The number of thiazole rings is 1. The van der Waals surface area contributed by atoms with Crippen LogP contribution >= 0.6 is 22.9 Å². The molecule has 2 heterocycles. The molecule has 178 valence electrons. The van der Waals surface area contributed by atoms with Crippen LogP contribution in [-0.4, -0.2) is 58.7 Å². The highest BCUT2D eigenvalue weighted by atomic mass is 35.5. The van der Waals surface area contributed by atoms with Crippen LogP contribution < -0.4 is 5.32 Å². The van der Waals surface area contributed by atoms with Gasteiger partial charge in [-0.3, -0.25) is 14.4 Å². The van der Waals surface area contributed by atoms with Gasteiger partial charge < -0.3 is 15.1 Å². The van der Waals surface area contributed by atoms with Crippen LogP contribution in [0.2, 0.25) is 5.02 Å². The number of amides is 3. The van der Waals surface area contributed by atoms with Gasteiger partial charge in [0, 0.05) is 25.0 Å². The Labute approximate surface area is 204 Å². The molecule has 0 atom stereocenters. The number of nitrogens with zero attached hydrogens (tertiary/aromatic N) is 3. The second kappa shape index (κ2) is 11.6. The number of hydrogen-bond acceptors (Lipinski definition) is 5. The molecule has 3 rings (SSSR count). The Morgan fingerprint density at radius 1 is 1.24 bits per heavy atom. The van der Waals surface area contributed by atoms with Gasteiger partial charge in [0.05, 0.1) is 22.7 Å². The van der Waals surface area contributed by atoms with E-state index in [1.807, 2.05) is 18.7 Å². The topological polar surface area (TPSA) is 82.6 Å². The summed E-state index contributed by atoms with van der Waals surface area (Å²) in [6.45, 7) is 8.07. The summed E-state index contributed by atoms with van der Waals surface area (Å²) in [5, 5.41) is 5.33. The van der Waals surface area contributed by atoms with Crippen molar-refractivity contribution in [2.24, 2.45) is 11.8 Å². The van der Waals surface area contributed by atoms with Gasteiger partial charge in [-0.05, 0) is 36.8 Å². The standard InChI is InChI=1S/C24H31ClN4O3S/c1-16(2)13-29(23(32)19-6-4-5-7-20(19)25)14-21(30)27-24-26-18(15-33-24)12-22(31)28-10-8-17(3)9-11-28/h4-7,15-17H,8-14H2,1-3H3,(H,26,27,30). The molecule has 0 unspecified atom stereocenters. The molecule has 1 aromatic carbocycles. The minimum absolute atomic E-state index is 0.0681. The lowest BCUT2D eigenvalue weighted by molar-refractivity contribution is -0.131. The number of likely N-dealkylation sites (tertiary alicyclic amines) is 1. The van der Waals surface area contributed by atoms with Gasteiger partial charge in [-0.1, -0.05) is 44.5 Å². The van der Waals surface area contributed by atoms with Crippen molar-refractivity contribution < 1.29 is 14.4 Å². The summed E-state index contributed by atoms with van der Waals surface area (Å²) in [7, 11) is 0. The Hall–Kier alpha value is -2.45. The van der Waals surface area contributed by atoms with Gasteiger partial charge in [-0.15, -0.1) is 11.3 Å². The third-order valence-electron chi connectivity index (χ3n) is 5.58. The van der Waals surface area contributed by atoms with Crippen molar-refractivity contribution in [3.8, 4) is 0 Å². The molecule has 2 aromatic rings. The van der Waals surface area contributed by atoms with E-state index in [0.29, 0.717) is 33.9 Å². The Balaban J connectivity index is 1.58. The summed E-state index contributed by atoms with van der Waals surface area (Å²) >= 11 is 7.46. The van der Waals surface area contributed by atoms with Crippen LogP contribution in [0, 0.1) is 11.8 Å². The zero-order valence-corrected chi connectivity index (χ0v) is 20.9. The van der Waals surface area contributed by atoms with E-state index in [-0.39, 0.29) is 36.6 Å². The van der Waals surface area contributed by atoms with Crippen LogP contribution in [0.15, 0.2) is 29.6 Å². The monoisotopic (exact) mass is 490 g/mol. The number of hydrogen-bond donors (Lipinski definition) is 1. The van der Waals surface area contributed by atoms with Crippen LogP contribution in [-0.2, 0) is 16.0 Å². The van der Waals surface area contributed by atoms with E-state index in [4.69, 9.17) is 11.6 Å². The fourth-order valence-corrected chi connectivity index (χ4v) is 4.71. The summed E-state index contributed by atoms with van der Waals surface area (Å²) in [6.07, 6.45) is 2.29. The molecule has 33 heavy (non-hydrogen) atoms. The van der Waals surface area contributed by atoms with E-state index in [0.717, 1.165) is 25.9 Å². The molecule has 3 amide bonds. The van der Waals surface area contributed by atoms with Crippen LogP contribution in [0.4, 0.5) is 5.13 Å². The molecule has 0 radical (unpaired) electrons. The van der Waals surface area contributed by atoms with Crippen molar-refractivity contribution in [3.05, 3.63) is 45.9 Å². The van der Waals surface area contributed by atoms with Crippen molar-refractivity contribution in [3.63, 3.8) is 0 Å². The summed E-state index contributed by atoms with van der Waals surface area (Å²) in [5.74, 6) is 0.284. The number of halogens is 1. The maximum atomic E-state index is 13.0. The number of anilines is 1. The predicted octanol–water partition coefficient (Wildman–Crippen LogP) is 4.33. The van der Waals surface area contributed by atoms with Crippen molar-refractivity contribution in [2.45, 2.75) is 40.0 Å². The van der Waals surface area contributed by atoms with Crippen LogP contribution in [0.3, 0.4) is 0 Å². The Morgan fingerprint density at radius 2 is 1.94 bits per heavy atom. The molecule has 1 aromatic heterocycles. The smallest absolute Gasteiger partial charge is 0.255 e. The highest BCUT2D eigenvalue weighted by molar-refractivity contribution is 7.13. The Kier molecular flexibility index (Phi) is 8.86. The van der Waals surface area contributed by atoms with Gasteiger partial charge in [-0.25, -0.2) is 4.98 Å². The van der Waals surface area contributed by atoms with Crippen LogP contribution in [0.5, 0.6) is 0 Å². The average molecular weight is 491 g/mol. The minimum atomic E-state index is -0.340. The average Bonchev–Trinajstić information content (AvgIpc) is 3.19. The lowest BCUT2D eigenvalue weighted by Gasteiger charge is -2.30. The van der Waals surface area contributed by atoms with E-state index in [9.17, 15) is 14.4 Å². The first-order valence-electron chi connectivity index (χ1n) is 11.3. The molecule has 0 aliphatic carbocycles. The highest BCUT2D eigenvalue weighted by Gasteiger charge is 2.23. The van der Waals surface area contributed by atoms with Crippen molar-refractivity contribution in [2.75, 3.05) is 31.5 Å². The van der Waals surface area contributed by atoms with Crippen molar-refractivity contribution >= 4 is 45.8 Å². The predicted molar refractivity (Wildman–Crippen MR) is 132 cm³/mol. The van der Waals surface area contributed by atoms with Crippen LogP contribution in [0.1, 0.15) is 49.7 Å². The number of nitrogens with one attached hydrogen (secondary N) is 1. The van der Waals surface area contributed by atoms with E-state index >= 15 is 0 Å². The molecule has 1 saturated heterocycles. The number of carbonyl (C=O) groups excluding carboxylic acids is 3. The number of carbonyl (C=O) groups is 3. The number of piperidine rings is 1. The fraction of sp³-hybridized carbons (Fsp3) is 0.500. The van der Waals surface area contributed by atoms with Gasteiger partial charge in [0.1, 0.15) is 6.54 Å². The Morgan fingerprint density at radius 3 is 2.61 bits per heavy atom. The third-order valence-corrected chi connectivity index (χ3v) is 6.71. The van der Waals surface area contributed by atoms with Gasteiger partial charge in [0.2, 0.25) is 11.8 Å². The minimum Gasteiger partial charge on any atom is -0.342 e. The quantitative estimate of drug-likeness (QED) is 0.596. The molecule has 1 N–H and O–H groups in total. The fourth-order valence-electron chi connectivity index (χ4n) is 3.77. The zero-order chi connectivity index (χ0) is 24.0. The first-order chi connectivity index (χ1) is 15.7. The summed E-state index contributed by atoms with van der Waals surface area (Å²) in [6, 6.07) is 6.82. The van der Waals surface area contributed by atoms with Gasteiger partial charge in [-0.2, -0.15) is 0 Å². The first kappa shape index (κ1) is 25.2. The molecule has 9 heteroatoms. The molecule has 1 aliphatic rings. The molecule has 7 nitrogen and oxygen atoms in total. The lowest BCUT2D eigenvalue weighted by atomic mass is 9.99. The van der Waals surface area contributed by atoms with Crippen molar-refractivity contribution in [1.29, 1.82) is 0 Å². The lowest BCUT2D eigenvalue weighted by Crippen LogP contribution is -2.40. The van der Waals surface area contributed by atoms with Gasteiger partial charge >= 0.3 is 0 Å². The largest absolute Gasteiger partial charge is 0.342 e. The van der Waals surface area contributed by atoms with Gasteiger partial charge in [0.25, 0.3) is 5.91 Å². The molecule has 1 fully saturated rings. The molecule has 0 bridgehead atoms. The second-order valence-corrected chi connectivity index (χ2v) is 10.3. The Bertz CT molecular complexity index is 986. The summed E-state index contributed by atoms with van der Waals surface area (Å²) in [4.78, 5) is 46.0. The zero-order valence-electron chi connectivity index (χ0n) is 19.3. The van der Waals surface area contributed by atoms with Gasteiger partial charge in [0.15, 0.2) is 5.13 Å². The second-order valence-electron chi connectivity index (χ2n) is 8.99.